The zero-order valence-corrected chi connectivity index (χ0v) is 12.1. The lowest BCUT2D eigenvalue weighted by Crippen LogP contribution is -2.49. The Kier molecular flexibility index (Phi) is 5.23. The van der Waals surface area contributed by atoms with Gasteiger partial charge in [-0.1, -0.05) is 24.6 Å². The highest BCUT2D eigenvalue weighted by atomic mass is 35.5. The van der Waals surface area contributed by atoms with Gasteiger partial charge in [-0.25, -0.2) is 0 Å². The van der Waals surface area contributed by atoms with Crippen molar-refractivity contribution in [1.82, 2.24) is 10.2 Å². The van der Waals surface area contributed by atoms with E-state index in [1.807, 2.05) is 17.0 Å². The van der Waals surface area contributed by atoms with Gasteiger partial charge in [-0.3, -0.25) is 4.79 Å². The lowest BCUT2D eigenvalue weighted by atomic mass is 10.0. The molecule has 3 nitrogen and oxygen atoms in total. The van der Waals surface area contributed by atoms with Gasteiger partial charge in [-0.05, 0) is 44.0 Å². The summed E-state index contributed by atoms with van der Waals surface area (Å²) < 4.78 is 0. The average molecular weight is 281 g/mol. The van der Waals surface area contributed by atoms with E-state index in [-0.39, 0.29) is 5.91 Å². The van der Waals surface area contributed by atoms with Gasteiger partial charge >= 0.3 is 0 Å². The highest BCUT2D eigenvalue weighted by Gasteiger charge is 2.25. The van der Waals surface area contributed by atoms with Crippen molar-refractivity contribution in [1.29, 1.82) is 0 Å². The Morgan fingerprint density at radius 1 is 1.53 bits per heavy atom. The molecule has 1 saturated heterocycles. The average Bonchev–Trinajstić information content (AvgIpc) is 2.45. The molecule has 2 rings (SSSR count). The van der Waals surface area contributed by atoms with Gasteiger partial charge in [0.15, 0.2) is 0 Å². The summed E-state index contributed by atoms with van der Waals surface area (Å²) in [5.74, 6) is 0.0954. The number of rotatable bonds is 4. The monoisotopic (exact) mass is 280 g/mol. The number of hydrogen-bond donors (Lipinski definition) is 1. The predicted molar refractivity (Wildman–Crippen MR) is 78.7 cm³/mol. The summed E-state index contributed by atoms with van der Waals surface area (Å²) in [6.45, 7) is 4.86. The number of nitrogens with one attached hydrogen (secondary N) is 1. The van der Waals surface area contributed by atoms with Gasteiger partial charge in [-0.15, -0.1) is 0 Å². The first-order chi connectivity index (χ1) is 9.22. The summed E-state index contributed by atoms with van der Waals surface area (Å²) in [5, 5.41) is 3.99. The molecule has 1 aliphatic rings. The normalized spacial score (nSPS) is 19.2. The highest BCUT2D eigenvalue weighted by molar-refractivity contribution is 6.30. The minimum absolute atomic E-state index is 0.0954. The third-order valence-electron chi connectivity index (χ3n) is 3.51. The van der Waals surface area contributed by atoms with Crippen LogP contribution in [-0.2, 0) is 0 Å². The van der Waals surface area contributed by atoms with Gasteiger partial charge in [-0.2, -0.15) is 0 Å². The molecule has 1 aromatic rings. The molecule has 0 aromatic heterocycles. The van der Waals surface area contributed by atoms with Crippen molar-refractivity contribution in [2.24, 2.45) is 0 Å². The maximum absolute atomic E-state index is 12.6. The van der Waals surface area contributed by atoms with E-state index in [0.29, 0.717) is 16.6 Å². The molecule has 1 amide bonds. The Balaban J connectivity index is 2.15. The van der Waals surface area contributed by atoms with Crippen molar-refractivity contribution >= 4 is 17.5 Å². The lowest BCUT2D eigenvalue weighted by molar-refractivity contribution is 0.0649. The summed E-state index contributed by atoms with van der Waals surface area (Å²) in [5.41, 5.74) is 0.687. The molecule has 0 saturated carbocycles. The van der Waals surface area contributed by atoms with Crippen molar-refractivity contribution in [3.8, 4) is 0 Å². The molecule has 4 heteroatoms. The SMILES string of the molecule is CCCN(C(=O)c1cccc(Cl)c1)C1CCCNC1. The number of halogens is 1. The van der Waals surface area contributed by atoms with Crippen LogP contribution in [0.15, 0.2) is 24.3 Å². The summed E-state index contributed by atoms with van der Waals surface area (Å²) >= 11 is 5.97. The topological polar surface area (TPSA) is 32.3 Å². The first-order valence-corrected chi connectivity index (χ1v) is 7.37. The number of nitrogens with zero attached hydrogens (tertiary/aromatic N) is 1. The third-order valence-corrected chi connectivity index (χ3v) is 3.74. The fourth-order valence-electron chi connectivity index (χ4n) is 2.58. The quantitative estimate of drug-likeness (QED) is 0.920. The van der Waals surface area contributed by atoms with Crippen molar-refractivity contribution < 1.29 is 4.79 Å². The molecule has 0 spiro atoms. The largest absolute Gasteiger partial charge is 0.334 e. The molecule has 1 aromatic carbocycles. The number of amides is 1. The maximum atomic E-state index is 12.6. The maximum Gasteiger partial charge on any atom is 0.254 e. The van der Waals surface area contributed by atoms with Gasteiger partial charge in [0.1, 0.15) is 0 Å². The van der Waals surface area contributed by atoms with Crippen LogP contribution in [0.2, 0.25) is 5.02 Å². The van der Waals surface area contributed by atoms with Crippen LogP contribution in [0.25, 0.3) is 0 Å². The molecule has 1 heterocycles. The molecule has 1 unspecified atom stereocenters. The minimum Gasteiger partial charge on any atom is -0.334 e. The molecular weight excluding hydrogens is 260 g/mol. The summed E-state index contributed by atoms with van der Waals surface area (Å²) in [6.07, 6.45) is 3.19. The number of hydrogen-bond acceptors (Lipinski definition) is 2. The van der Waals surface area contributed by atoms with Crippen LogP contribution < -0.4 is 5.32 Å². The van der Waals surface area contributed by atoms with Crippen LogP contribution in [0.4, 0.5) is 0 Å². The molecule has 1 aliphatic heterocycles. The first-order valence-electron chi connectivity index (χ1n) is 6.99. The second-order valence-electron chi connectivity index (χ2n) is 5.01. The van der Waals surface area contributed by atoms with Crippen molar-refractivity contribution in [3.05, 3.63) is 34.9 Å². The summed E-state index contributed by atoms with van der Waals surface area (Å²) in [6, 6.07) is 7.53. The molecule has 0 aliphatic carbocycles. The Labute approximate surface area is 119 Å². The van der Waals surface area contributed by atoms with Crippen LogP contribution in [-0.4, -0.2) is 36.5 Å². The molecule has 19 heavy (non-hydrogen) atoms. The second kappa shape index (κ2) is 6.92. The number of carbonyl (C=O) groups excluding carboxylic acids is 1. The van der Waals surface area contributed by atoms with Gasteiger partial charge in [0.05, 0.1) is 0 Å². The van der Waals surface area contributed by atoms with Crippen LogP contribution in [0.5, 0.6) is 0 Å². The molecule has 1 atom stereocenters. The Bertz CT molecular complexity index is 430. The van der Waals surface area contributed by atoms with Crippen LogP contribution in [0, 0.1) is 0 Å². The van der Waals surface area contributed by atoms with Crippen LogP contribution >= 0.6 is 11.6 Å². The zero-order valence-electron chi connectivity index (χ0n) is 11.4. The van der Waals surface area contributed by atoms with Crippen LogP contribution in [0.1, 0.15) is 36.5 Å². The van der Waals surface area contributed by atoms with Crippen molar-refractivity contribution in [2.75, 3.05) is 19.6 Å². The predicted octanol–water partition coefficient (Wildman–Crippen LogP) is 2.94. The molecule has 0 bridgehead atoms. The number of benzene rings is 1. The minimum atomic E-state index is 0.0954. The van der Waals surface area contributed by atoms with E-state index < -0.39 is 0 Å². The highest BCUT2D eigenvalue weighted by Crippen LogP contribution is 2.17. The standard InChI is InChI=1S/C15H21ClN2O/c1-2-9-18(14-7-4-8-17-11-14)15(19)12-5-3-6-13(16)10-12/h3,5-6,10,14,17H,2,4,7-9,11H2,1H3. The van der Waals surface area contributed by atoms with Crippen molar-refractivity contribution in [3.63, 3.8) is 0 Å². The molecule has 104 valence electrons. The molecular formula is C15H21ClN2O. The third kappa shape index (κ3) is 3.71. The van der Waals surface area contributed by atoms with E-state index >= 15 is 0 Å². The Morgan fingerprint density at radius 3 is 3.00 bits per heavy atom. The fourth-order valence-corrected chi connectivity index (χ4v) is 2.77. The van der Waals surface area contributed by atoms with E-state index in [1.54, 1.807) is 12.1 Å². The fraction of sp³-hybridized carbons (Fsp3) is 0.533. The van der Waals surface area contributed by atoms with E-state index in [1.165, 1.54) is 0 Å². The van der Waals surface area contributed by atoms with E-state index in [2.05, 4.69) is 12.2 Å². The van der Waals surface area contributed by atoms with Gasteiger partial charge in [0.25, 0.3) is 5.91 Å². The van der Waals surface area contributed by atoms with Gasteiger partial charge in [0, 0.05) is 29.7 Å². The number of carbonyl (C=O) groups is 1. The van der Waals surface area contributed by atoms with E-state index in [0.717, 1.165) is 38.9 Å². The first kappa shape index (κ1) is 14.4. The number of piperidine rings is 1. The smallest absolute Gasteiger partial charge is 0.254 e. The lowest BCUT2D eigenvalue weighted by Gasteiger charge is -2.34. The zero-order chi connectivity index (χ0) is 13.7. The summed E-state index contributed by atoms with van der Waals surface area (Å²) in [7, 11) is 0. The van der Waals surface area contributed by atoms with Crippen molar-refractivity contribution in [2.45, 2.75) is 32.2 Å². The van der Waals surface area contributed by atoms with E-state index in [4.69, 9.17) is 11.6 Å². The summed E-state index contributed by atoms with van der Waals surface area (Å²) in [4.78, 5) is 14.6. The molecule has 1 N–H and O–H groups in total. The Morgan fingerprint density at radius 2 is 2.37 bits per heavy atom. The molecule has 0 radical (unpaired) electrons. The van der Waals surface area contributed by atoms with Crippen LogP contribution in [0.3, 0.4) is 0 Å². The molecule has 1 fully saturated rings. The van der Waals surface area contributed by atoms with Gasteiger partial charge in [0.2, 0.25) is 0 Å². The van der Waals surface area contributed by atoms with E-state index in [9.17, 15) is 4.79 Å². The Hall–Kier alpha value is -1.06. The second-order valence-corrected chi connectivity index (χ2v) is 5.45. The van der Waals surface area contributed by atoms with Gasteiger partial charge < -0.3 is 10.2 Å².